The number of Topliss-reactive ketones (excluding diaryl/α,β-unsaturated/α-hetero) is 2. The van der Waals surface area contributed by atoms with Gasteiger partial charge in [-0.15, -0.1) is 0 Å². The van der Waals surface area contributed by atoms with Gasteiger partial charge in [0.15, 0.2) is 12.6 Å². The van der Waals surface area contributed by atoms with Crippen LogP contribution in [0.15, 0.2) is 0 Å². The highest BCUT2D eigenvalue weighted by atomic mass is 16.7. The molecule has 47 heavy (non-hydrogen) atoms. The summed E-state index contributed by atoms with van der Waals surface area (Å²) in [7, 11) is 0. The van der Waals surface area contributed by atoms with E-state index in [4.69, 9.17) is 18.9 Å². The molecule has 1 unspecified atom stereocenters. The molecule has 0 aromatic carbocycles. The topological polar surface area (TPSA) is 271 Å². The Morgan fingerprint density at radius 2 is 1.32 bits per heavy atom. The normalized spacial score (nSPS) is 31.6. The van der Waals surface area contributed by atoms with E-state index in [2.05, 4.69) is 10.6 Å². The molecule has 2 saturated heterocycles. The lowest BCUT2D eigenvalue weighted by molar-refractivity contribution is -0.301. The fourth-order valence-electron chi connectivity index (χ4n) is 5.24. The SMILES string of the molecule is CCNC(=O)CCCCC(=O)CC(CC(=O)NCCO[C@@H]1O[C@@H](C)[C@@H](O)[C@@H](O)[C@@H]1O)C(=O)CCCO[C@H]1O[C@H](CO)[C@@H](O)[C@H](O)[C@@H]1O. The first-order valence-electron chi connectivity index (χ1n) is 16.1. The Labute approximate surface area is 273 Å². The van der Waals surface area contributed by atoms with Gasteiger partial charge < -0.3 is 65.3 Å². The van der Waals surface area contributed by atoms with Crippen LogP contribution in [0.1, 0.15) is 65.2 Å². The smallest absolute Gasteiger partial charge is 0.220 e. The zero-order chi connectivity index (χ0) is 35.1. The average molecular weight is 681 g/mol. The summed E-state index contributed by atoms with van der Waals surface area (Å²) in [4.78, 5) is 50.2. The fourth-order valence-corrected chi connectivity index (χ4v) is 5.24. The van der Waals surface area contributed by atoms with Gasteiger partial charge in [-0.25, -0.2) is 0 Å². The first-order valence-corrected chi connectivity index (χ1v) is 16.1. The molecular formula is C30H52N2O15. The summed E-state index contributed by atoms with van der Waals surface area (Å²) in [5, 5.41) is 74.2. The maximum absolute atomic E-state index is 13.1. The minimum atomic E-state index is -1.61. The number of unbranched alkanes of at least 4 members (excludes halogenated alkanes) is 1. The molecule has 17 nitrogen and oxygen atoms in total. The van der Waals surface area contributed by atoms with Crippen LogP contribution < -0.4 is 10.6 Å². The molecule has 0 aromatic rings. The van der Waals surface area contributed by atoms with Crippen molar-refractivity contribution in [2.45, 2.75) is 127 Å². The number of nitrogens with one attached hydrogen (secondary N) is 2. The molecule has 2 rings (SSSR count). The van der Waals surface area contributed by atoms with Gasteiger partial charge in [-0.1, -0.05) is 0 Å². The molecule has 0 radical (unpaired) electrons. The van der Waals surface area contributed by atoms with Crippen LogP contribution in [0.25, 0.3) is 0 Å². The molecule has 0 saturated carbocycles. The number of ketones is 2. The number of amides is 2. The monoisotopic (exact) mass is 680 g/mol. The first-order chi connectivity index (χ1) is 22.3. The highest BCUT2D eigenvalue weighted by Crippen LogP contribution is 2.23. The van der Waals surface area contributed by atoms with Crippen molar-refractivity contribution in [3.05, 3.63) is 0 Å². The second-order valence-electron chi connectivity index (χ2n) is 11.8. The van der Waals surface area contributed by atoms with Crippen LogP contribution in [-0.2, 0) is 38.1 Å². The van der Waals surface area contributed by atoms with Crippen molar-refractivity contribution in [1.82, 2.24) is 10.6 Å². The standard InChI is InChI=1S/C30H52N2O15/c1-3-31-21(36)9-5-4-7-18(34)13-17(14-22(37)32-10-12-45-29-27(42)25(40)23(38)16(2)46-29)19(35)8-6-11-44-30-28(43)26(41)24(39)20(15-33)47-30/h16-17,20,23-30,33,38-43H,3-15H2,1-2H3,(H,31,36)(H,32,37)/t16-,17?,20+,23+,24+,25+,26-,27-,28-,29+,30-/m0/s1. The van der Waals surface area contributed by atoms with E-state index >= 15 is 0 Å². The number of carbonyl (C=O) groups excluding carboxylic acids is 4. The molecule has 0 bridgehead atoms. The second kappa shape index (κ2) is 21.0. The van der Waals surface area contributed by atoms with Gasteiger partial charge in [0.1, 0.15) is 54.3 Å². The van der Waals surface area contributed by atoms with E-state index in [1.165, 1.54) is 6.92 Å². The highest BCUT2D eigenvalue weighted by molar-refractivity contribution is 5.91. The van der Waals surface area contributed by atoms with Crippen LogP contribution >= 0.6 is 0 Å². The number of ether oxygens (including phenoxy) is 4. The van der Waals surface area contributed by atoms with E-state index in [0.717, 1.165) is 0 Å². The van der Waals surface area contributed by atoms with Crippen molar-refractivity contribution in [1.29, 1.82) is 0 Å². The molecule has 0 aliphatic carbocycles. The number of hydrogen-bond acceptors (Lipinski definition) is 15. The van der Waals surface area contributed by atoms with E-state index in [1.807, 2.05) is 0 Å². The molecule has 9 N–H and O–H groups in total. The Morgan fingerprint density at radius 3 is 1.98 bits per heavy atom. The largest absolute Gasteiger partial charge is 0.394 e. The number of aliphatic hydroxyl groups is 7. The zero-order valence-corrected chi connectivity index (χ0v) is 26.9. The third kappa shape index (κ3) is 13.3. The van der Waals surface area contributed by atoms with Gasteiger partial charge in [-0.2, -0.15) is 0 Å². The summed E-state index contributed by atoms with van der Waals surface area (Å²) in [6.45, 7) is 2.91. The van der Waals surface area contributed by atoms with Gasteiger partial charge in [-0.05, 0) is 33.1 Å². The average Bonchev–Trinajstić information content (AvgIpc) is 3.04. The Kier molecular flexibility index (Phi) is 18.4. The second-order valence-corrected chi connectivity index (χ2v) is 11.8. The Bertz CT molecular complexity index is 985. The van der Waals surface area contributed by atoms with Crippen LogP contribution in [0.4, 0.5) is 0 Å². The van der Waals surface area contributed by atoms with Crippen molar-refractivity contribution in [3.8, 4) is 0 Å². The summed E-state index contributed by atoms with van der Waals surface area (Å²) in [6.07, 6.45) is -12.7. The van der Waals surface area contributed by atoms with Crippen LogP contribution in [0.2, 0.25) is 0 Å². The van der Waals surface area contributed by atoms with Crippen molar-refractivity contribution in [2.75, 3.05) is 32.9 Å². The van der Waals surface area contributed by atoms with E-state index < -0.39 is 79.8 Å². The van der Waals surface area contributed by atoms with E-state index in [0.29, 0.717) is 19.4 Å². The lowest BCUT2D eigenvalue weighted by Crippen LogP contribution is -2.59. The molecule has 2 aliphatic rings. The maximum atomic E-state index is 13.1. The van der Waals surface area contributed by atoms with Gasteiger partial charge in [0.05, 0.1) is 25.9 Å². The molecule has 17 heteroatoms. The number of rotatable bonds is 21. The van der Waals surface area contributed by atoms with Crippen molar-refractivity contribution in [2.24, 2.45) is 5.92 Å². The number of aliphatic hydroxyl groups excluding tert-OH is 7. The Morgan fingerprint density at radius 1 is 0.702 bits per heavy atom. The van der Waals surface area contributed by atoms with Gasteiger partial charge in [0, 0.05) is 51.1 Å². The molecule has 2 heterocycles. The quantitative estimate of drug-likeness (QED) is 0.0540. The number of hydrogen-bond donors (Lipinski definition) is 9. The van der Waals surface area contributed by atoms with Crippen LogP contribution in [0.3, 0.4) is 0 Å². The van der Waals surface area contributed by atoms with Gasteiger partial charge in [0.25, 0.3) is 0 Å². The summed E-state index contributed by atoms with van der Waals surface area (Å²) < 4.78 is 21.4. The fraction of sp³-hybridized carbons (Fsp3) is 0.867. The summed E-state index contributed by atoms with van der Waals surface area (Å²) >= 11 is 0. The minimum absolute atomic E-state index is 0.0416. The lowest BCUT2D eigenvalue weighted by atomic mass is 9.90. The molecular weight excluding hydrogens is 628 g/mol. The van der Waals surface area contributed by atoms with E-state index in [9.17, 15) is 54.9 Å². The molecule has 0 spiro atoms. The Balaban J connectivity index is 1.87. The maximum Gasteiger partial charge on any atom is 0.220 e. The van der Waals surface area contributed by atoms with Crippen LogP contribution in [0, 0.1) is 5.92 Å². The number of carbonyl (C=O) groups is 4. The molecule has 2 fully saturated rings. The molecule has 0 aromatic heterocycles. The third-order valence-electron chi connectivity index (χ3n) is 8.06. The zero-order valence-electron chi connectivity index (χ0n) is 26.9. The molecule has 272 valence electrons. The molecule has 2 aliphatic heterocycles. The van der Waals surface area contributed by atoms with E-state index in [1.54, 1.807) is 6.92 Å². The predicted molar refractivity (Wildman–Crippen MR) is 160 cm³/mol. The molecule has 2 amide bonds. The summed E-state index contributed by atoms with van der Waals surface area (Å²) in [5.74, 6) is -2.24. The lowest BCUT2D eigenvalue weighted by Gasteiger charge is -2.39. The highest BCUT2D eigenvalue weighted by Gasteiger charge is 2.44. The van der Waals surface area contributed by atoms with Gasteiger partial charge in [0.2, 0.25) is 11.8 Å². The Hall–Kier alpha value is -2.16. The predicted octanol–water partition coefficient (Wildman–Crippen LogP) is -3.23. The van der Waals surface area contributed by atoms with Crippen molar-refractivity contribution in [3.63, 3.8) is 0 Å². The van der Waals surface area contributed by atoms with Crippen LogP contribution in [-0.4, -0.2) is 153 Å². The third-order valence-corrected chi connectivity index (χ3v) is 8.06. The van der Waals surface area contributed by atoms with Crippen molar-refractivity contribution >= 4 is 23.4 Å². The van der Waals surface area contributed by atoms with Gasteiger partial charge in [-0.3, -0.25) is 19.2 Å². The van der Waals surface area contributed by atoms with Crippen molar-refractivity contribution < 1.29 is 73.9 Å². The van der Waals surface area contributed by atoms with Crippen LogP contribution in [0.5, 0.6) is 0 Å². The van der Waals surface area contributed by atoms with E-state index in [-0.39, 0.29) is 75.8 Å². The minimum Gasteiger partial charge on any atom is -0.394 e. The molecule has 11 atom stereocenters. The summed E-state index contributed by atoms with van der Waals surface area (Å²) in [6, 6.07) is 0. The van der Waals surface area contributed by atoms with Gasteiger partial charge >= 0.3 is 0 Å². The summed E-state index contributed by atoms with van der Waals surface area (Å²) in [5.41, 5.74) is 0. The first kappa shape index (κ1) is 41.0.